The van der Waals surface area contributed by atoms with Crippen LogP contribution in [0, 0.1) is 23.7 Å². The van der Waals surface area contributed by atoms with Gasteiger partial charge in [0.15, 0.2) is 0 Å². The maximum atomic E-state index is 11.7. The molecular weight excluding hydrogens is 254 g/mol. The zero-order chi connectivity index (χ0) is 13.7. The Morgan fingerprint density at radius 1 is 0.900 bits per heavy atom. The molecule has 2 N–H and O–H groups in total. The number of hydrazone groups is 1. The SMILES string of the molecule is O=C(NN=C1C2CC3CC(C2)CC1C3)C(=O)NC1CC1. The normalized spacial score (nSPS) is 37.7. The third kappa shape index (κ3) is 2.23. The van der Waals surface area contributed by atoms with Crippen molar-refractivity contribution in [3.63, 3.8) is 0 Å². The van der Waals surface area contributed by atoms with Crippen LogP contribution >= 0.6 is 0 Å². The summed E-state index contributed by atoms with van der Waals surface area (Å²) in [6, 6.07) is 0.210. The van der Waals surface area contributed by atoms with Crippen molar-refractivity contribution < 1.29 is 9.59 Å². The molecule has 5 aliphatic carbocycles. The Balaban J connectivity index is 1.39. The molecule has 0 radical (unpaired) electrons. The van der Waals surface area contributed by atoms with Crippen molar-refractivity contribution in [3.05, 3.63) is 0 Å². The van der Waals surface area contributed by atoms with Gasteiger partial charge in [-0.15, -0.1) is 0 Å². The molecule has 0 aromatic carbocycles. The third-order valence-corrected chi connectivity index (χ3v) is 5.38. The number of nitrogens with one attached hydrogen (secondary N) is 2. The van der Waals surface area contributed by atoms with Crippen molar-refractivity contribution in [1.29, 1.82) is 0 Å². The van der Waals surface area contributed by atoms with Gasteiger partial charge in [-0.3, -0.25) is 9.59 Å². The highest BCUT2D eigenvalue weighted by molar-refractivity contribution is 6.35. The number of nitrogens with zero attached hydrogens (tertiary/aromatic N) is 1. The Kier molecular flexibility index (Phi) is 2.82. The molecule has 5 rings (SSSR count). The quantitative estimate of drug-likeness (QED) is 0.587. The molecule has 5 fully saturated rings. The fourth-order valence-corrected chi connectivity index (χ4v) is 4.49. The number of carbonyl (C=O) groups is 2. The van der Waals surface area contributed by atoms with Gasteiger partial charge in [0, 0.05) is 11.8 Å². The molecule has 5 heteroatoms. The average molecular weight is 275 g/mol. The molecule has 0 saturated heterocycles. The number of hydrogen-bond acceptors (Lipinski definition) is 3. The highest BCUT2D eigenvalue weighted by Gasteiger charge is 2.46. The summed E-state index contributed by atoms with van der Waals surface area (Å²) in [5.74, 6) is 1.71. The van der Waals surface area contributed by atoms with Gasteiger partial charge >= 0.3 is 11.8 Å². The molecule has 5 saturated carbocycles. The Bertz CT molecular complexity index is 452. The maximum absolute atomic E-state index is 11.7. The van der Waals surface area contributed by atoms with Gasteiger partial charge in [0.2, 0.25) is 0 Å². The van der Waals surface area contributed by atoms with Crippen molar-refractivity contribution in [2.24, 2.45) is 28.8 Å². The van der Waals surface area contributed by atoms with Crippen LogP contribution in [0.15, 0.2) is 5.10 Å². The first-order valence-electron chi connectivity index (χ1n) is 7.87. The van der Waals surface area contributed by atoms with Crippen LogP contribution < -0.4 is 10.7 Å². The monoisotopic (exact) mass is 275 g/mol. The summed E-state index contributed by atoms with van der Waals surface area (Å²) in [5.41, 5.74) is 3.64. The van der Waals surface area contributed by atoms with Crippen LogP contribution in [-0.4, -0.2) is 23.6 Å². The van der Waals surface area contributed by atoms with Crippen LogP contribution in [0.2, 0.25) is 0 Å². The van der Waals surface area contributed by atoms with Gasteiger partial charge in [0.1, 0.15) is 0 Å². The number of hydrogen-bond donors (Lipinski definition) is 2. The van der Waals surface area contributed by atoms with E-state index >= 15 is 0 Å². The fourth-order valence-electron chi connectivity index (χ4n) is 4.49. The fraction of sp³-hybridized carbons (Fsp3) is 0.800. The summed E-state index contributed by atoms with van der Waals surface area (Å²) in [7, 11) is 0. The lowest BCUT2D eigenvalue weighted by Gasteiger charge is -2.50. The molecule has 0 unspecified atom stereocenters. The average Bonchev–Trinajstić information content (AvgIpc) is 3.20. The van der Waals surface area contributed by atoms with Crippen LogP contribution in [-0.2, 0) is 9.59 Å². The Morgan fingerprint density at radius 3 is 2.05 bits per heavy atom. The van der Waals surface area contributed by atoms with Crippen molar-refractivity contribution >= 4 is 17.5 Å². The number of amides is 2. The predicted molar refractivity (Wildman–Crippen MR) is 73.8 cm³/mol. The van der Waals surface area contributed by atoms with Crippen LogP contribution in [0.25, 0.3) is 0 Å². The lowest BCUT2D eigenvalue weighted by Crippen LogP contribution is -2.47. The highest BCUT2D eigenvalue weighted by Crippen LogP contribution is 2.52. The van der Waals surface area contributed by atoms with E-state index in [1.165, 1.54) is 32.1 Å². The highest BCUT2D eigenvalue weighted by atomic mass is 16.2. The van der Waals surface area contributed by atoms with Gasteiger partial charge in [-0.05, 0) is 68.6 Å². The van der Waals surface area contributed by atoms with E-state index in [-0.39, 0.29) is 6.04 Å². The molecule has 0 heterocycles. The van der Waals surface area contributed by atoms with Crippen LogP contribution in [0.4, 0.5) is 0 Å². The largest absolute Gasteiger partial charge is 0.345 e. The predicted octanol–water partition coefficient (Wildman–Crippen LogP) is 1.19. The van der Waals surface area contributed by atoms with Gasteiger partial charge in [-0.1, -0.05) is 0 Å². The van der Waals surface area contributed by atoms with Crippen LogP contribution in [0.5, 0.6) is 0 Å². The van der Waals surface area contributed by atoms with Crippen molar-refractivity contribution in [3.8, 4) is 0 Å². The first-order valence-corrected chi connectivity index (χ1v) is 7.87. The van der Waals surface area contributed by atoms with Crippen molar-refractivity contribution in [2.45, 2.75) is 51.0 Å². The van der Waals surface area contributed by atoms with Gasteiger partial charge in [-0.2, -0.15) is 5.10 Å². The molecule has 0 spiro atoms. The Morgan fingerprint density at radius 2 is 1.50 bits per heavy atom. The second-order valence-electron chi connectivity index (χ2n) is 7.03. The summed E-state index contributed by atoms with van der Waals surface area (Å²) in [6.45, 7) is 0. The summed E-state index contributed by atoms with van der Waals surface area (Å²) >= 11 is 0. The van der Waals surface area contributed by atoms with E-state index in [0.29, 0.717) is 11.8 Å². The third-order valence-electron chi connectivity index (χ3n) is 5.38. The summed E-state index contributed by atoms with van der Waals surface area (Å²) in [5, 5.41) is 7.01. The van der Waals surface area contributed by atoms with Crippen molar-refractivity contribution in [1.82, 2.24) is 10.7 Å². The number of rotatable bonds is 2. The van der Waals surface area contributed by atoms with Gasteiger partial charge in [0.25, 0.3) is 0 Å². The second-order valence-corrected chi connectivity index (χ2v) is 7.03. The smallest absolute Gasteiger partial charge is 0.329 e. The Hall–Kier alpha value is -1.39. The molecule has 5 nitrogen and oxygen atoms in total. The summed E-state index contributed by atoms with van der Waals surface area (Å²) < 4.78 is 0. The molecule has 20 heavy (non-hydrogen) atoms. The maximum Gasteiger partial charge on any atom is 0.329 e. The van der Waals surface area contributed by atoms with Crippen LogP contribution in [0.1, 0.15) is 44.9 Å². The molecule has 108 valence electrons. The zero-order valence-electron chi connectivity index (χ0n) is 11.6. The van der Waals surface area contributed by atoms with E-state index in [2.05, 4.69) is 15.8 Å². The topological polar surface area (TPSA) is 70.6 Å². The first kappa shape index (κ1) is 12.4. The van der Waals surface area contributed by atoms with Gasteiger partial charge < -0.3 is 5.32 Å². The van der Waals surface area contributed by atoms with Gasteiger partial charge in [-0.25, -0.2) is 5.43 Å². The van der Waals surface area contributed by atoms with E-state index in [0.717, 1.165) is 30.4 Å². The molecule has 0 aliphatic heterocycles. The first-order chi connectivity index (χ1) is 9.69. The summed E-state index contributed by atoms with van der Waals surface area (Å²) in [4.78, 5) is 23.3. The zero-order valence-corrected chi connectivity index (χ0v) is 11.6. The molecule has 5 aliphatic rings. The molecule has 2 amide bonds. The van der Waals surface area contributed by atoms with E-state index in [1.54, 1.807) is 0 Å². The lowest BCUT2D eigenvalue weighted by molar-refractivity contribution is -0.139. The van der Waals surface area contributed by atoms with E-state index in [1.807, 2.05) is 0 Å². The van der Waals surface area contributed by atoms with Crippen molar-refractivity contribution in [2.75, 3.05) is 0 Å². The van der Waals surface area contributed by atoms with E-state index in [9.17, 15) is 9.59 Å². The van der Waals surface area contributed by atoms with Gasteiger partial charge in [0.05, 0.1) is 0 Å². The minimum Gasteiger partial charge on any atom is -0.345 e. The second kappa shape index (κ2) is 4.57. The summed E-state index contributed by atoms with van der Waals surface area (Å²) in [6.07, 6.45) is 8.30. The standard InChI is InChI=1S/C15H21N3O2/c19-14(16-12-1-2-12)15(20)18-17-13-10-4-8-3-9(6-10)7-11(13)5-8/h8-12H,1-7H2,(H,16,19)(H,18,20). The molecule has 0 atom stereocenters. The Labute approximate surface area is 118 Å². The molecular formula is C15H21N3O2. The van der Waals surface area contributed by atoms with Crippen LogP contribution in [0.3, 0.4) is 0 Å². The molecule has 4 bridgehead atoms. The minimum atomic E-state index is -0.613. The van der Waals surface area contributed by atoms with E-state index < -0.39 is 11.8 Å². The minimum absolute atomic E-state index is 0.210. The lowest BCUT2D eigenvalue weighted by atomic mass is 9.55. The number of carbonyl (C=O) groups excluding carboxylic acids is 2. The molecule has 0 aromatic heterocycles. The van der Waals surface area contributed by atoms with E-state index in [4.69, 9.17) is 0 Å². The molecule has 0 aromatic rings.